The summed E-state index contributed by atoms with van der Waals surface area (Å²) in [5, 5.41) is 0.853. The van der Waals surface area contributed by atoms with Crippen molar-refractivity contribution in [2.75, 3.05) is 5.73 Å². The summed E-state index contributed by atoms with van der Waals surface area (Å²) in [6.45, 7) is 4.00. The maximum absolute atomic E-state index is 11.7. The number of aromatic nitrogens is 3. The number of carbonyl (C=O) groups excluding carboxylic acids is 1. The van der Waals surface area contributed by atoms with Crippen molar-refractivity contribution in [2.45, 2.75) is 45.6 Å². The average molecular weight is 429 g/mol. The molecule has 0 unspecified atom stereocenters. The molecule has 6 nitrogen and oxygen atoms in total. The number of hydrogen-bond donors (Lipinski definition) is 1. The molecule has 0 aliphatic heterocycles. The standard InChI is InChI=1S/C24H22N4O2.C2H6/c25-23-22-21(16-6-12-20(13-7-16)30-19-4-2-1-3-5-19)14-28(24(22)27-15-26-23)17-8-10-18(29)11-9-17;1-2/h1-7,12-15,17H,8-11H2,(H2,25,26,27);1-2H3. The van der Waals surface area contributed by atoms with E-state index in [1.807, 2.05) is 68.4 Å². The Bertz CT molecular complexity index is 1190. The van der Waals surface area contributed by atoms with Crippen molar-refractivity contribution >= 4 is 22.6 Å². The molecule has 1 aliphatic rings. The fourth-order valence-electron chi connectivity index (χ4n) is 4.14. The van der Waals surface area contributed by atoms with Crippen LogP contribution in [0, 0.1) is 0 Å². The van der Waals surface area contributed by atoms with E-state index in [2.05, 4.69) is 20.7 Å². The number of benzene rings is 2. The topological polar surface area (TPSA) is 83.0 Å². The van der Waals surface area contributed by atoms with Crippen LogP contribution < -0.4 is 10.5 Å². The number of para-hydroxylation sites is 1. The molecule has 0 radical (unpaired) electrons. The van der Waals surface area contributed by atoms with Crippen LogP contribution >= 0.6 is 0 Å². The number of Topliss-reactive ketones (excluding diaryl/α,β-unsaturated/α-hetero) is 1. The minimum Gasteiger partial charge on any atom is -0.457 e. The first-order valence-corrected chi connectivity index (χ1v) is 11.1. The molecule has 1 aliphatic carbocycles. The first-order valence-electron chi connectivity index (χ1n) is 11.1. The van der Waals surface area contributed by atoms with Gasteiger partial charge in [-0.15, -0.1) is 0 Å². The number of nitrogen functional groups attached to an aromatic ring is 1. The predicted molar refractivity (Wildman–Crippen MR) is 128 cm³/mol. The van der Waals surface area contributed by atoms with E-state index in [0.717, 1.165) is 46.5 Å². The maximum Gasteiger partial charge on any atom is 0.146 e. The summed E-state index contributed by atoms with van der Waals surface area (Å²) in [5.41, 5.74) is 9.08. The molecular weight excluding hydrogens is 400 g/mol. The largest absolute Gasteiger partial charge is 0.457 e. The molecule has 0 spiro atoms. The molecule has 2 aromatic heterocycles. The van der Waals surface area contributed by atoms with Gasteiger partial charge in [0.15, 0.2) is 0 Å². The van der Waals surface area contributed by atoms with E-state index in [4.69, 9.17) is 10.5 Å². The molecule has 0 amide bonds. The van der Waals surface area contributed by atoms with Crippen LogP contribution in [0.25, 0.3) is 22.2 Å². The summed E-state index contributed by atoms with van der Waals surface area (Å²) in [4.78, 5) is 20.4. The van der Waals surface area contributed by atoms with E-state index in [9.17, 15) is 4.79 Å². The fourth-order valence-corrected chi connectivity index (χ4v) is 4.14. The molecule has 2 heterocycles. The molecule has 1 saturated carbocycles. The van der Waals surface area contributed by atoms with Crippen molar-refractivity contribution in [2.24, 2.45) is 0 Å². The number of carbonyl (C=O) groups is 1. The van der Waals surface area contributed by atoms with Crippen LogP contribution in [-0.2, 0) is 4.79 Å². The maximum atomic E-state index is 11.7. The predicted octanol–water partition coefficient (Wildman–Crippen LogP) is 6.18. The number of nitrogens with zero attached hydrogens (tertiary/aromatic N) is 3. The Balaban J connectivity index is 0.00000119. The van der Waals surface area contributed by atoms with E-state index in [0.29, 0.717) is 24.4 Å². The molecule has 2 aromatic carbocycles. The van der Waals surface area contributed by atoms with Gasteiger partial charge in [-0.25, -0.2) is 9.97 Å². The van der Waals surface area contributed by atoms with Crippen LogP contribution in [0.2, 0.25) is 0 Å². The second-order valence-corrected chi connectivity index (χ2v) is 7.62. The van der Waals surface area contributed by atoms with Gasteiger partial charge in [0.05, 0.1) is 5.39 Å². The summed E-state index contributed by atoms with van der Waals surface area (Å²) in [7, 11) is 0. The Kier molecular flexibility index (Phi) is 6.50. The lowest BCUT2D eigenvalue weighted by Gasteiger charge is -2.23. The van der Waals surface area contributed by atoms with Crippen LogP contribution in [0.3, 0.4) is 0 Å². The van der Waals surface area contributed by atoms with Gasteiger partial charge in [0.2, 0.25) is 0 Å². The monoisotopic (exact) mass is 428 g/mol. The second-order valence-electron chi connectivity index (χ2n) is 7.62. The summed E-state index contributed by atoms with van der Waals surface area (Å²) < 4.78 is 8.07. The number of ether oxygens (including phenoxy) is 1. The van der Waals surface area contributed by atoms with Crippen LogP contribution in [-0.4, -0.2) is 20.3 Å². The Morgan fingerprint density at radius 3 is 2.28 bits per heavy atom. The number of ketones is 1. The Labute approximate surface area is 188 Å². The van der Waals surface area contributed by atoms with Gasteiger partial charge in [0.1, 0.15) is 35.1 Å². The number of hydrogen-bond acceptors (Lipinski definition) is 5. The summed E-state index contributed by atoms with van der Waals surface area (Å²) in [5.74, 6) is 2.37. The Hall–Kier alpha value is -3.67. The lowest BCUT2D eigenvalue weighted by atomic mass is 9.94. The highest BCUT2D eigenvalue weighted by Gasteiger charge is 2.24. The smallest absolute Gasteiger partial charge is 0.146 e. The minimum atomic E-state index is 0.244. The first kappa shape index (κ1) is 21.6. The first-order chi connectivity index (χ1) is 15.7. The zero-order chi connectivity index (χ0) is 22.5. The van der Waals surface area contributed by atoms with Gasteiger partial charge in [-0.05, 0) is 42.7 Å². The van der Waals surface area contributed by atoms with Gasteiger partial charge in [0.25, 0.3) is 0 Å². The molecule has 6 heteroatoms. The van der Waals surface area contributed by atoms with Crippen molar-refractivity contribution in [1.82, 2.24) is 14.5 Å². The molecule has 32 heavy (non-hydrogen) atoms. The molecule has 5 rings (SSSR count). The van der Waals surface area contributed by atoms with Crippen molar-refractivity contribution in [3.05, 3.63) is 67.1 Å². The zero-order valence-corrected chi connectivity index (χ0v) is 18.5. The van der Waals surface area contributed by atoms with Gasteiger partial charge >= 0.3 is 0 Å². The quantitative estimate of drug-likeness (QED) is 0.419. The van der Waals surface area contributed by atoms with Crippen molar-refractivity contribution < 1.29 is 9.53 Å². The van der Waals surface area contributed by atoms with E-state index in [-0.39, 0.29) is 6.04 Å². The van der Waals surface area contributed by atoms with E-state index >= 15 is 0 Å². The van der Waals surface area contributed by atoms with Gasteiger partial charge < -0.3 is 15.0 Å². The summed E-state index contributed by atoms with van der Waals surface area (Å²) >= 11 is 0. The highest BCUT2D eigenvalue weighted by molar-refractivity contribution is 6.00. The fraction of sp³-hybridized carbons (Fsp3) is 0.269. The Morgan fingerprint density at radius 1 is 0.938 bits per heavy atom. The van der Waals surface area contributed by atoms with E-state index < -0.39 is 0 Å². The molecule has 164 valence electrons. The zero-order valence-electron chi connectivity index (χ0n) is 18.5. The Morgan fingerprint density at radius 2 is 1.59 bits per heavy atom. The third-order valence-electron chi connectivity index (χ3n) is 5.69. The van der Waals surface area contributed by atoms with E-state index in [1.54, 1.807) is 0 Å². The highest BCUT2D eigenvalue weighted by atomic mass is 16.5. The third-order valence-corrected chi connectivity index (χ3v) is 5.69. The van der Waals surface area contributed by atoms with Gasteiger partial charge in [-0.2, -0.15) is 0 Å². The lowest BCUT2D eigenvalue weighted by molar-refractivity contribution is -0.120. The molecule has 4 aromatic rings. The lowest BCUT2D eigenvalue weighted by Crippen LogP contribution is -2.17. The van der Waals surface area contributed by atoms with Gasteiger partial charge in [-0.1, -0.05) is 44.2 Å². The van der Waals surface area contributed by atoms with E-state index in [1.165, 1.54) is 6.33 Å². The normalized spacial score (nSPS) is 14.1. The minimum absolute atomic E-state index is 0.244. The second kappa shape index (κ2) is 9.64. The van der Waals surface area contributed by atoms with Crippen LogP contribution in [0.5, 0.6) is 11.5 Å². The van der Waals surface area contributed by atoms with Crippen LogP contribution in [0.15, 0.2) is 67.1 Å². The molecule has 2 N–H and O–H groups in total. The number of anilines is 1. The van der Waals surface area contributed by atoms with Crippen molar-refractivity contribution in [3.8, 4) is 22.6 Å². The average Bonchev–Trinajstić information content (AvgIpc) is 3.23. The number of fused-ring (bicyclic) bond motifs is 1. The number of nitrogens with two attached hydrogens (primary N) is 1. The number of rotatable bonds is 4. The van der Waals surface area contributed by atoms with Crippen LogP contribution in [0.1, 0.15) is 45.6 Å². The SMILES string of the molecule is CC.Nc1ncnc2c1c(-c1ccc(Oc3ccccc3)cc1)cn2C1CCC(=O)CC1. The van der Waals surface area contributed by atoms with Crippen molar-refractivity contribution in [3.63, 3.8) is 0 Å². The van der Waals surface area contributed by atoms with Crippen molar-refractivity contribution in [1.29, 1.82) is 0 Å². The summed E-state index contributed by atoms with van der Waals surface area (Å²) in [6, 6.07) is 17.9. The summed E-state index contributed by atoms with van der Waals surface area (Å²) in [6.07, 6.45) is 6.50. The van der Waals surface area contributed by atoms with Gasteiger partial charge in [0, 0.05) is 30.6 Å². The third kappa shape index (κ3) is 4.35. The van der Waals surface area contributed by atoms with Crippen LogP contribution in [0.4, 0.5) is 5.82 Å². The molecular formula is C26H28N4O2. The highest BCUT2D eigenvalue weighted by Crippen LogP contribution is 2.38. The molecule has 1 fully saturated rings. The molecule has 0 saturated heterocycles. The molecule has 0 bridgehead atoms. The van der Waals surface area contributed by atoms with Gasteiger partial charge in [-0.3, -0.25) is 4.79 Å². The molecule has 0 atom stereocenters.